The van der Waals surface area contributed by atoms with Crippen LogP contribution in [-0.4, -0.2) is 20.1 Å². The maximum atomic E-state index is 13.1. The molecule has 2 rings (SSSR count). The lowest BCUT2D eigenvalue weighted by molar-refractivity contribution is 0.102. The lowest BCUT2D eigenvalue weighted by atomic mass is 10.2. The number of carbonyl (C=O) groups excluding carboxylic acids is 1. The Labute approximate surface area is 120 Å². The van der Waals surface area contributed by atoms with Crippen molar-refractivity contribution in [3.63, 3.8) is 0 Å². The van der Waals surface area contributed by atoms with Crippen molar-refractivity contribution >= 4 is 11.6 Å². The van der Waals surface area contributed by atoms with E-state index < -0.39 is 17.5 Å². The average Bonchev–Trinajstić information content (AvgIpc) is 2.50. The van der Waals surface area contributed by atoms with Crippen LogP contribution in [0.4, 0.5) is 14.5 Å². The van der Waals surface area contributed by atoms with Gasteiger partial charge in [0.2, 0.25) is 0 Å². The summed E-state index contributed by atoms with van der Waals surface area (Å²) in [7, 11) is 2.94. The number of carbonyl (C=O) groups is 1. The molecule has 4 nitrogen and oxygen atoms in total. The summed E-state index contributed by atoms with van der Waals surface area (Å²) in [5.41, 5.74) is 0.464. The van der Waals surface area contributed by atoms with Gasteiger partial charge in [0.1, 0.15) is 0 Å². The minimum Gasteiger partial charge on any atom is -0.493 e. The first-order chi connectivity index (χ1) is 10.0. The number of amides is 1. The Hall–Kier alpha value is -2.63. The number of methoxy groups -OCH3 is 2. The lowest BCUT2D eigenvalue weighted by Crippen LogP contribution is -2.12. The second-order valence-electron chi connectivity index (χ2n) is 4.15. The van der Waals surface area contributed by atoms with Crippen LogP contribution >= 0.6 is 0 Å². The number of hydrogen-bond acceptors (Lipinski definition) is 3. The summed E-state index contributed by atoms with van der Waals surface area (Å²) < 4.78 is 36.1. The SMILES string of the molecule is COc1ccc(C(=O)Nc2ccc(F)c(F)c2)cc1OC. The van der Waals surface area contributed by atoms with Crippen LogP contribution in [0.25, 0.3) is 0 Å². The largest absolute Gasteiger partial charge is 0.493 e. The fourth-order valence-corrected chi connectivity index (χ4v) is 1.75. The Kier molecular flexibility index (Phi) is 4.37. The first-order valence-corrected chi connectivity index (χ1v) is 6.03. The van der Waals surface area contributed by atoms with Crippen molar-refractivity contribution in [3.05, 3.63) is 53.6 Å². The molecule has 6 heteroatoms. The topological polar surface area (TPSA) is 47.6 Å². The van der Waals surface area contributed by atoms with E-state index in [1.165, 1.54) is 32.4 Å². The lowest BCUT2D eigenvalue weighted by Gasteiger charge is -2.10. The molecule has 0 spiro atoms. The molecule has 2 aromatic rings. The van der Waals surface area contributed by atoms with Gasteiger partial charge >= 0.3 is 0 Å². The van der Waals surface area contributed by atoms with Gasteiger partial charge in [-0.05, 0) is 30.3 Å². The maximum Gasteiger partial charge on any atom is 0.255 e. The van der Waals surface area contributed by atoms with E-state index >= 15 is 0 Å². The molecule has 0 saturated heterocycles. The summed E-state index contributed by atoms with van der Waals surface area (Å²) in [5, 5.41) is 2.47. The van der Waals surface area contributed by atoms with Crippen LogP contribution in [0, 0.1) is 11.6 Å². The van der Waals surface area contributed by atoms with E-state index in [4.69, 9.17) is 9.47 Å². The normalized spacial score (nSPS) is 10.1. The molecule has 0 aliphatic heterocycles. The minimum atomic E-state index is -1.03. The highest BCUT2D eigenvalue weighted by molar-refractivity contribution is 6.04. The molecule has 0 radical (unpaired) electrons. The third-order valence-electron chi connectivity index (χ3n) is 2.82. The highest BCUT2D eigenvalue weighted by Crippen LogP contribution is 2.27. The number of nitrogens with one attached hydrogen (secondary N) is 1. The number of ether oxygens (including phenoxy) is 2. The fourth-order valence-electron chi connectivity index (χ4n) is 1.75. The smallest absolute Gasteiger partial charge is 0.255 e. The van der Waals surface area contributed by atoms with E-state index in [0.717, 1.165) is 12.1 Å². The molecule has 1 N–H and O–H groups in total. The summed E-state index contributed by atoms with van der Waals surface area (Å²) >= 11 is 0. The van der Waals surface area contributed by atoms with Gasteiger partial charge in [0, 0.05) is 17.3 Å². The number of hydrogen-bond donors (Lipinski definition) is 1. The van der Waals surface area contributed by atoms with Crippen LogP contribution in [0.1, 0.15) is 10.4 Å². The van der Waals surface area contributed by atoms with Gasteiger partial charge in [0.25, 0.3) is 5.91 Å². The maximum absolute atomic E-state index is 13.1. The van der Waals surface area contributed by atoms with Crippen molar-refractivity contribution in [2.75, 3.05) is 19.5 Å². The Morgan fingerprint density at radius 2 is 1.67 bits per heavy atom. The van der Waals surface area contributed by atoms with Crippen LogP contribution < -0.4 is 14.8 Å². The zero-order valence-electron chi connectivity index (χ0n) is 11.4. The third kappa shape index (κ3) is 3.28. The number of benzene rings is 2. The standard InChI is InChI=1S/C15H13F2NO3/c1-20-13-6-3-9(7-14(13)21-2)15(19)18-10-4-5-11(16)12(17)8-10/h3-8H,1-2H3,(H,18,19). The Balaban J connectivity index is 2.21. The van der Waals surface area contributed by atoms with Gasteiger partial charge in [-0.2, -0.15) is 0 Å². The molecule has 0 aliphatic rings. The minimum absolute atomic E-state index is 0.161. The number of anilines is 1. The van der Waals surface area contributed by atoms with Gasteiger partial charge in [-0.25, -0.2) is 8.78 Å². The summed E-state index contributed by atoms with van der Waals surface area (Å²) in [6.07, 6.45) is 0. The third-order valence-corrected chi connectivity index (χ3v) is 2.82. The van der Waals surface area contributed by atoms with Gasteiger partial charge in [0.05, 0.1) is 14.2 Å². The molecule has 0 unspecified atom stereocenters. The van der Waals surface area contributed by atoms with Gasteiger partial charge in [-0.15, -0.1) is 0 Å². The summed E-state index contributed by atoms with van der Waals surface area (Å²) in [6, 6.07) is 7.74. The van der Waals surface area contributed by atoms with Crippen molar-refractivity contribution < 1.29 is 23.0 Å². The molecule has 0 aliphatic carbocycles. The predicted octanol–water partition coefficient (Wildman–Crippen LogP) is 3.23. The second kappa shape index (κ2) is 6.21. The van der Waals surface area contributed by atoms with E-state index in [1.54, 1.807) is 6.07 Å². The van der Waals surface area contributed by atoms with Crippen LogP contribution in [0.3, 0.4) is 0 Å². The van der Waals surface area contributed by atoms with Crippen LogP contribution in [0.15, 0.2) is 36.4 Å². The molecular formula is C15H13F2NO3. The predicted molar refractivity (Wildman–Crippen MR) is 73.9 cm³/mol. The number of halogens is 2. The zero-order chi connectivity index (χ0) is 15.4. The van der Waals surface area contributed by atoms with Crippen molar-refractivity contribution in [2.45, 2.75) is 0 Å². The van der Waals surface area contributed by atoms with Gasteiger partial charge in [0.15, 0.2) is 23.1 Å². The van der Waals surface area contributed by atoms with Gasteiger partial charge in [-0.1, -0.05) is 0 Å². The summed E-state index contributed by atoms with van der Waals surface area (Å²) in [4.78, 5) is 12.1. The molecule has 110 valence electrons. The van der Waals surface area contributed by atoms with E-state index in [1.807, 2.05) is 0 Å². The molecule has 2 aromatic carbocycles. The quantitative estimate of drug-likeness (QED) is 0.941. The monoisotopic (exact) mass is 293 g/mol. The van der Waals surface area contributed by atoms with E-state index in [-0.39, 0.29) is 5.69 Å². The van der Waals surface area contributed by atoms with Crippen LogP contribution in [0.5, 0.6) is 11.5 Å². The van der Waals surface area contributed by atoms with Crippen LogP contribution in [-0.2, 0) is 0 Å². The first-order valence-electron chi connectivity index (χ1n) is 6.03. The van der Waals surface area contributed by atoms with E-state index in [2.05, 4.69) is 5.32 Å². The zero-order valence-corrected chi connectivity index (χ0v) is 11.4. The van der Waals surface area contributed by atoms with E-state index in [9.17, 15) is 13.6 Å². The molecule has 1 amide bonds. The molecule has 0 saturated carbocycles. The van der Waals surface area contributed by atoms with Crippen molar-refractivity contribution in [1.29, 1.82) is 0 Å². The van der Waals surface area contributed by atoms with Crippen LogP contribution in [0.2, 0.25) is 0 Å². The van der Waals surface area contributed by atoms with Crippen molar-refractivity contribution in [1.82, 2.24) is 0 Å². The first kappa shape index (κ1) is 14.8. The summed E-state index contributed by atoms with van der Waals surface area (Å²) in [6.45, 7) is 0. The second-order valence-corrected chi connectivity index (χ2v) is 4.15. The van der Waals surface area contributed by atoms with E-state index in [0.29, 0.717) is 17.1 Å². The Morgan fingerprint density at radius 1 is 0.952 bits per heavy atom. The molecule has 0 atom stereocenters. The van der Waals surface area contributed by atoms with Crippen molar-refractivity contribution in [2.24, 2.45) is 0 Å². The average molecular weight is 293 g/mol. The molecule has 21 heavy (non-hydrogen) atoms. The fraction of sp³-hybridized carbons (Fsp3) is 0.133. The van der Waals surface area contributed by atoms with Gasteiger partial charge < -0.3 is 14.8 Å². The summed E-state index contributed by atoms with van der Waals surface area (Å²) in [5.74, 6) is -1.58. The highest BCUT2D eigenvalue weighted by atomic mass is 19.2. The molecular weight excluding hydrogens is 280 g/mol. The Morgan fingerprint density at radius 3 is 2.29 bits per heavy atom. The Bertz CT molecular complexity index is 674. The molecule has 0 bridgehead atoms. The molecule has 0 aromatic heterocycles. The molecule has 0 heterocycles. The highest BCUT2D eigenvalue weighted by Gasteiger charge is 2.12. The number of rotatable bonds is 4. The van der Waals surface area contributed by atoms with Crippen molar-refractivity contribution in [3.8, 4) is 11.5 Å². The van der Waals surface area contributed by atoms with Gasteiger partial charge in [-0.3, -0.25) is 4.79 Å². The molecule has 0 fully saturated rings.